The van der Waals surface area contributed by atoms with Gasteiger partial charge >= 0.3 is 5.97 Å². The molecule has 0 spiro atoms. The number of aryl methyl sites for hydroxylation is 2. The lowest BCUT2D eigenvalue weighted by Gasteiger charge is -2.25. The zero-order valence-electron chi connectivity index (χ0n) is 20.6. The molecule has 0 unspecified atom stereocenters. The maximum Gasteiger partial charge on any atom is 0.348 e. The molecule has 1 fully saturated rings. The Hall–Kier alpha value is -2.18. The van der Waals surface area contributed by atoms with Crippen LogP contribution in [-0.4, -0.2) is 35.7 Å². The largest absolute Gasteiger partial charge is 0.459 e. The molecule has 0 radical (unpaired) electrons. The number of hydrogen-bond acceptors (Lipinski definition) is 5. The molecule has 34 heavy (non-hydrogen) atoms. The number of nitrogens with zero attached hydrogens (tertiary/aromatic N) is 1. The number of carbonyl (C=O) groups excluding carboxylic acids is 2. The lowest BCUT2D eigenvalue weighted by Crippen LogP contribution is -2.32. The van der Waals surface area contributed by atoms with Gasteiger partial charge in [-0.15, -0.1) is 11.3 Å². The first kappa shape index (κ1) is 26.4. The molecule has 186 valence electrons. The van der Waals surface area contributed by atoms with Crippen LogP contribution in [0.2, 0.25) is 0 Å². The highest BCUT2D eigenvalue weighted by Gasteiger charge is 2.31. The molecule has 1 atom stereocenters. The number of esters is 1. The summed E-state index contributed by atoms with van der Waals surface area (Å²) >= 11 is 1.51. The van der Waals surface area contributed by atoms with Crippen LogP contribution in [0.5, 0.6) is 0 Å². The number of thiophene rings is 1. The number of unbranched alkanes of at least 4 members (excludes halogenated alkanes) is 4. The molecular weight excluding hydrogens is 446 g/mol. The number of hydrogen-bond donors (Lipinski definition) is 1. The summed E-state index contributed by atoms with van der Waals surface area (Å²) in [5.41, 5.74) is 2.33. The summed E-state index contributed by atoms with van der Waals surface area (Å²) in [5, 5.41) is 8.85. The van der Waals surface area contributed by atoms with E-state index in [0.29, 0.717) is 17.9 Å². The minimum absolute atomic E-state index is 0.111. The highest BCUT2D eigenvalue weighted by molar-refractivity contribution is 7.13. The molecule has 5 nitrogen and oxygen atoms in total. The van der Waals surface area contributed by atoms with Gasteiger partial charge in [-0.2, -0.15) is 0 Å². The smallest absolute Gasteiger partial charge is 0.348 e. The quantitative estimate of drug-likeness (QED) is 0.251. The van der Waals surface area contributed by atoms with Crippen molar-refractivity contribution in [2.45, 2.75) is 96.6 Å². The summed E-state index contributed by atoms with van der Waals surface area (Å²) in [7, 11) is 0. The molecule has 2 aromatic rings. The molecule has 2 heterocycles. The van der Waals surface area contributed by atoms with Crippen LogP contribution >= 0.6 is 11.3 Å². The van der Waals surface area contributed by atoms with Crippen molar-refractivity contribution in [1.82, 2.24) is 0 Å². The maximum atomic E-state index is 12.6. The van der Waals surface area contributed by atoms with Crippen molar-refractivity contribution in [3.8, 4) is 0 Å². The molecule has 0 bridgehead atoms. The van der Waals surface area contributed by atoms with Crippen molar-refractivity contribution < 1.29 is 19.4 Å². The normalized spacial score (nSPS) is 15.9. The standard InChI is InChI=1S/C28H39NO4S/c1-21(2)33-28(32)26-18-17-25(34-26)11-8-10-23-16-19-27(31)29(23)24-14-12-22(13-15-24)9-6-4-3-5-7-20-30/h12-15,17-18,21,23,30H,3-11,16,19-20H2,1-2H3/t23-/m1/s1. The monoisotopic (exact) mass is 485 g/mol. The van der Waals surface area contributed by atoms with Crippen LogP contribution in [-0.2, 0) is 22.4 Å². The Bertz CT molecular complexity index is 905. The van der Waals surface area contributed by atoms with Crippen molar-refractivity contribution in [1.29, 1.82) is 0 Å². The van der Waals surface area contributed by atoms with Crippen LogP contribution in [0.15, 0.2) is 36.4 Å². The summed E-state index contributed by atoms with van der Waals surface area (Å²) in [5.74, 6) is -0.0274. The van der Waals surface area contributed by atoms with E-state index in [1.165, 1.54) is 34.6 Å². The van der Waals surface area contributed by atoms with E-state index in [0.717, 1.165) is 57.1 Å². The van der Waals surface area contributed by atoms with Gasteiger partial charge in [-0.3, -0.25) is 4.79 Å². The van der Waals surface area contributed by atoms with Crippen LogP contribution in [0, 0.1) is 0 Å². The number of aliphatic hydroxyl groups is 1. The summed E-state index contributed by atoms with van der Waals surface area (Å²) in [4.78, 5) is 28.5. The van der Waals surface area contributed by atoms with Crippen LogP contribution in [0.1, 0.15) is 91.7 Å². The summed E-state index contributed by atoms with van der Waals surface area (Å²) in [6.07, 6.45) is 10.9. The van der Waals surface area contributed by atoms with Gasteiger partial charge in [0.2, 0.25) is 5.91 Å². The lowest BCUT2D eigenvalue weighted by atomic mass is 10.0. The number of carbonyl (C=O) groups is 2. The van der Waals surface area contributed by atoms with E-state index in [1.807, 2.05) is 30.9 Å². The third-order valence-corrected chi connectivity index (χ3v) is 7.45. The van der Waals surface area contributed by atoms with Gasteiger partial charge in [0.05, 0.1) is 6.10 Å². The third-order valence-electron chi connectivity index (χ3n) is 6.33. The highest BCUT2D eigenvalue weighted by atomic mass is 32.1. The van der Waals surface area contributed by atoms with Crippen molar-refractivity contribution in [3.05, 3.63) is 51.7 Å². The first-order valence-electron chi connectivity index (χ1n) is 12.8. The number of aliphatic hydroxyl groups excluding tert-OH is 1. The molecule has 1 aliphatic heterocycles. The van der Waals surface area contributed by atoms with E-state index in [4.69, 9.17) is 9.84 Å². The molecule has 1 aromatic heterocycles. The molecule has 1 N–H and O–H groups in total. The number of anilines is 1. The predicted molar refractivity (Wildman–Crippen MR) is 139 cm³/mol. The van der Waals surface area contributed by atoms with Crippen LogP contribution in [0.3, 0.4) is 0 Å². The van der Waals surface area contributed by atoms with Crippen molar-refractivity contribution in [2.24, 2.45) is 0 Å². The van der Waals surface area contributed by atoms with E-state index < -0.39 is 0 Å². The van der Waals surface area contributed by atoms with Crippen molar-refractivity contribution in [2.75, 3.05) is 11.5 Å². The zero-order valence-corrected chi connectivity index (χ0v) is 21.4. The first-order valence-corrected chi connectivity index (χ1v) is 13.6. The number of ether oxygens (including phenoxy) is 1. The van der Waals surface area contributed by atoms with E-state index in [2.05, 4.69) is 24.3 Å². The summed E-state index contributed by atoms with van der Waals surface area (Å²) < 4.78 is 5.28. The second-order valence-electron chi connectivity index (χ2n) is 9.48. The maximum absolute atomic E-state index is 12.6. The van der Waals surface area contributed by atoms with Gasteiger partial charge in [-0.1, -0.05) is 31.4 Å². The second-order valence-corrected chi connectivity index (χ2v) is 10.6. The Morgan fingerprint density at radius 2 is 1.76 bits per heavy atom. The fraction of sp³-hybridized carbons (Fsp3) is 0.571. The summed E-state index contributed by atoms with van der Waals surface area (Å²) in [6, 6.07) is 12.6. The number of rotatable bonds is 14. The molecule has 6 heteroatoms. The fourth-order valence-electron chi connectivity index (χ4n) is 4.57. The molecule has 1 saturated heterocycles. The molecular formula is C28H39NO4S. The Balaban J connectivity index is 1.46. The molecule has 1 amide bonds. The zero-order chi connectivity index (χ0) is 24.3. The minimum Gasteiger partial charge on any atom is -0.459 e. The van der Waals surface area contributed by atoms with E-state index in [1.54, 1.807) is 0 Å². The van der Waals surface area contributed by atoms with Gasteiger partial charge in [0, 0.05) is 29.6 Å². The van der Waals surface area contributed by atoms with Gasteiger partial charge in [-0.25, -0.2) is 4.79 Å². The Morgan fingerprint density at radius 1 is 1.03 bits per heavy atom. The SMILES string of the molecule is CC(C)OC(=O)c1ccc(CCC[C@@H]2CCC(=O)N2c2ccc(CCCCCCCO)cc2)s1. The molecule has 1 aliphatic rings. The average molecular weight is 486 g/mol. The van der Waals surface area contributed by atoms with Crippen LogP contribution in [0.4, 0.5) is 5.69 Å². The average Bonchev–Trinajstić information content (AvgIpc) is 3.43. The second kappa shape index (κ2) is 13.6. The van der Waals surface area contributed by atoms with Gasteiger partial charge < -0.3 is 14.7 Å². The molecule has 1 aromatic carbocycles. The molecule has 3 rings (SSSR count). The van der Waals surface area contributed by atoms with Crippen LogP contribution < -0.4 is 4.90 Å². The van der Waals surface area contributed by atoms with E-state index in [9.17, 15) is 9.59 Å². The number of amides is 1. The Labute approximate surface area is 208 Å². The Kier molecular flexibility index (Phi) is 10.6. The minimum atomic E-state index is -0.246. The van der Waals surface area contributed by atoms with E-state index in [-0.39, 0.29) is 24.0 Å². The predicted octanol–water partition coefficient (Wildman–Crippen LogP) is 6.32. The van der Waals surface area contributed by atoms with Crippen LogP contribution in [0.25, 0.3) is 0 Å². The third kappa shape index (κ3) is 7.95. The number of benzene rings is 1. The van der Waals surface area contributed by atoms with Crippen molar-refractivity contribution >= 4 is 28.9 Å². The van der Waals surface area contributed by atoms with E-state index >= 15 is 0 Å². The van der Waals surface area contributed by atoms with Gasteiger partial charge in [0.25, 0.3) is 0 Å². The van der Waals surface area contributed by atoms with Gasteiger partial charge in [-0.05, 0) is 88.6 Å². The fourth-order valence-corrected chi connectivity index (χ4v) is 5.50. The van der Waals surface area contributed by atoms with Gasteiger partial charge in [0.15, 0.2) is 0 Å². The lowest BCUT2D eigenvalue weighted by molar-refractivity contribution is -0.117. The Morgan fingerprint density at radius 3 is 2.50 bits per heavy atom. The summed E-state index contributed by atoms with van der Waals surface area (Å²) in [6.45, 7) is 4.01. The van der Waals surface area contributed by atoms with Crippen molar-refractivity contribution in [3.63, 3.8) is 0 Å². The molecule has 0 aliphatic carbocycles. The molecule has 0 saturated carbocycles. The first-order chi connectivity index (χ1) is 16.5. The highest BCUT2D eigenvalue weighted by Crippen LogP contribution is 2.30. The topological polar surface area (TPSA) is 66.8 Å². The van der Waals surface area contributed by atoms with Gasteiger partial charge in [0.1, 0.15) is 4.88 Å².